The SMILES string of the molecule is COc1ccc([N+](=O)[O-])c(C(=O)N2CC3(C)CC2CC(C)(C)C3)c1. The summed E-state index contributed by atoms with van der Waals surface area (Å²) in [6.07, 6.45) is 2.98. The van der Waals surface area contributed by atoms with Gasteiger partial charge in [0.05, 0.1) is 12.0 Å². The lowest BCUT2D eigenvalue weighted by molar-refractivity contribution is -0.385. The zero-order valence-corrected chi connectivity index (χ0v) is 14.7. The van der Waals surface area contributed by atoms with E-state index < -0.39 is 4.92 Å². The Labute approximate surface area is 141 Å². The van der Waals surface area contributed by atoms with Gasteiger partial charge in [-0.3, -0.25) is 14.9 Å². The summed E-state index contributed by atoms with van der Waals surface area (Å²) >= 11 is 0. The topological polar surface area (TPSA) is 72.7 Å². The van der Waals surface area contributed by atoms with Gasteiger partial charge >= 0.3 is 0 Å². The Hall–Kier alpha value is -2.11. The van der Waals surface area contributed by atoms with E-state index >= 15 is 0 Å². The maximum atomic E-state index is 13.1. The van der Waals surface area contributed by atoms with Crippen LogP contribution in [-0.2, 0) is 0 Å². The van der Waals surface area contributed by atoms with E-state index in [4.69, 9.17) is 4.74 Å². The second-order valence-electron chi connectivity index (χ2n) is 8.29. The van der Waals surface area contributed by atoms with E-state index in [-0.39, 0.29) is 34.0 Å². The summed E-state index contributed by atoms with van der Waals surface area (Å²) in [6.45, 7) is 7.35. The molecular formula is C18H24N2O4. The van der Waals surface area contributed by atoms with Crippen LogP contribution in [0, 0.1) is 20.9 Å². The Balaban J connectivity index is 1.97. The number of carbonyl (C=O) groups is 1. The number of hydrogen-bond acceptors (Lipinski definition) is 4. The van der Waals surface area contributed by atoms with E-state index in [9.17, 15) is 14.9 Å². The highest BCUT2D eigenvalue weighted by molar-refractivity contribution is 5.99. The molecule has 1 heterocycles. The molecule has 6 nitrogen and oxygen atoms in total. The number of carbonyl (C=O) groups excluding carboxylic acids is 1. The van der Waals surface area contributed by atoms with Crippen molar-refractivity contribution in [1.29, 1.82) is 0 Å². The molecule has 1 saturated carbocycles. The average Bonchev–Trinajstić information content (AvgIpc) is 2.74. The van der Waals surface area contributed by atoms with E-state index in [2.05, 4.69) is 20.8 Å². The second kappa shape index (κ2) is 5.46. The number of ether oxygens (including phenoxy) is 1. The fraction of sp³-hybridized carbons (Fsp3) is 0.611. The van der Waals surface area contributed by atoms with Crippen molar-refractivity contribution < 1.29 is 14.5 Å². The highest BCUT2D eigenvalue weighted by Gasteiger charge is 2.51. The lowest BCUT2D eigenvalue weighted by atomic mass is 9.65. The minimum absolute atomic E-state index is 0.0930. The number of rotatable bonds is 3. The summed E-state index contributed by atoms with van der Waals surface area (Å²) in [5, 5.41) is 11.3. The van der Waals surface area contributed by atoms with Gasteiger partial charge in [-0.2, -0.15) is 0 Å². The predicted octanol–water partition coefficient (Wildman–Crippen LogP) is 3.64. The molecule has 2 bridgehead atoms. The van der Waals surface area contributed by atoms with Crippen LogP contribution in [0.15, 0.2) is 18.2 Å². The maximum Gasteiger partial charge on any atom is 0.282 e. The fourth-order valence-electron chi connectivity index (χ4n) is 4.82. The Kier molecular flexibility index (Phi) is 3.81. The lowest BCUT2D eigenvalue weighted by Crippen LogP contribution is -2.38. The van der Waals surface area contributed by atoms with Crippen molar-refractivity contribution in [3.63, 3.8) is 0 Å². The van der Waals surface area contributed by atoms with Crippen molar-refractivity contribution >= 4 is 11.6 Å². The Morgan fingerprint density at radius 2 is 2.04 bits per heavy atom. The largest absolute Gasteiger partial charge is 0.497 e. The molecule has 2 atom stereocenters. The van der Waals surface area contributed by atoms with Gasteiger partial charge in [0.2, 0.25) is 0 Å². The molecular weight excluding hydrogens is 308 g/mol. The molecule has 1 saturated heterocycles. The van der Waals surface area contributed by atoms with Gasteiger partial charge < -0.3 is 9.64 Å². The van der Waals surface area contributed by atoms with Gasteiger partial charge in [0.15, 0.2) is 0 Å². The molecule has 2 unspecified atom stereocenters. The minimum Gasteiger partial charge on any atom is -0.497 e. The molecule has 3 rings (SSSR count). The van der Waals surface area contributed by atoms with Crippen molar-refractivity contribution in [3.05, 3.63) is 33.9 Å². The van der Waals surface area contributed by atoms with Gasteiger partial charge in [-0.1, -0.05) is 20.8 Å². The number of nitro benzene ring substituents is 1. The van der Waals surface area contributed by atoms with Crippen LogP contribution in [0.1, 0.15) is 50.4 Å². The number of benzene rings is 1. The predicted molar refractivity (Wildman–Crippen MR) is 90.2 cm³/mol. The van der Waals surface area contributed by atoms with Crippen LogP contribution in [0.5, 0.6) is 5.75 Å². The van der Waals surface area contributed by atoms with Crippen LogP contribution >= 0.6 is 0 Å². The van der Waals surface area contributed by atoms with Gasteiger partial charge in [-0.15, -0.1) is 0 Å². The number of nitrogens with zero attached hydrogens (tertiary/aromatic N) is 2. The van der Waals surface area contributed by atoms with E-state index in [1.165, 1.54) is 25.3 Å². The van der Waals surface area contributed by atoms with Crippen LogP contribution in [-0.4, -0.2) is 35.4 Å². The molecule has 0 aromatic heterocycles. The quantitative estimate of drug-likeness (QED) is 0.625. The molecule has 6 heteroatoms. The Morgan fingerprint density at radius 3 is 2.67 bits per heavy atom. The van der Waals surface area contributed by atoms with Crippen LogP contribution in [0.2, 0.25) is 0 Å². The number of likely N-dealkylation sites (tertiary alicyclic amines) is 1. The van der Waals surface area contributed by atoms with Gasteiger partial charge in [-0.25, -0.2) is 0 Å². The molecule has 2 fully saturated rings. The zero-order chi connectivity index (χ0) is 17.7. The van der Waals surface area contributed by atoms with Gasteiger partial charge in [0, 0.05) is 18.7 Å². The Bertz CT molecular complexity index is 700. The third-order valence-electron chi connectivity index (χ3n) is 5.31. The number of methoxy groups -OCH3 is 1. The summed E-state index contributed by atoms with van der Waals surface area (Å²) in [6, 6.07) is 4.50. The third kappa shape index (κ3) is 2.85. The molecule has 0 spiro atoms. The first kappa shape index (κ1) is 16.7. The maximum absolute atomic E-state index is 13.1. The summed E-state index contributed by atoms with van der Waals surface area (Å²) in [4.78, 5) is 25.8. The molecule has 1 aromatic rings. The highest BCUT2D eigenvalue weighted by atomic mass is 16.6. The third-order valence-corrected chi connectivity index (χ3v) is 5.31. The summed E-state index contributed by atoms with van der Waals surface area (Å²) < 4.78 is 5.15. The second-order valence-corrected chi connectivity index (χ2v) is 8.29. The lowest BCUT2D eigenvalue weighted by Gasteiger charge is -2.39. The number of amides is 1. The normalized spacial score (nSPS) is 27.8. The molecule has 1 aliphatic heterocycles. The minimum atomic E-state index is -0.499. The summed E-state index contributed by atoms with van der Waals surface area (Å²) in [5.41, 5.74) is 0.239. The molecule has 0 N–H and O–H groups in total. The summed E-state index contributed by atoms with van der Waals surface area (Å²) in [5.74, 6) is 0.199. The van der Waals surface area contributed by atoms with Gasteiger partial charge in [0.1, 0.15) is 11.3 Å². The molecule has 0 radical (unpaired) electrons. The van der Waals surface area contributed by atoms with Crippen molar-refractivity contribution in [3.8, 4) is 5.75 Å². The molecule has 1 amide bonds. The fourth-order valence-corrected chi connectivity index (χ4v) is 4.82. The zero-order valence-electron chi connectivity index (χ0n) is 14.7. The first-order valence-electron chi connectivity index (χ1n) is 8.28. The smallest absolute Gasteiger partial charge is 0.282 e. The van der Waals surface area contributed by atoms with Gasteiger partial charge in [0.25, 0.3) is 11.6 Å². The van der Waals surface area contributed by atoms with Crippen LogP contribution in [0.4, 0.5) is 5.69 Å². The number of hydrogen-bond donors (Lipinski definition) is 0. The molecule has 1 aliphatic carbocycles. The number of fused-ring (bicyclic) bond motifs is 2. The standard InChI is InChI=1S/C18H24N2O4/c1-17(2)8-12-9-18(3,10-17)11-19(12)16(21)14-7-13(24-4)5-6-15(14)20(22)23/h5-7,12H,8-11H2,1-4H3. The van der Waals surface area contributed by atoms with E-state index in [1.807, 2.05) is 4.90 Å². The summed E-state index contributed by atoms with van der Waals surface area (Å²) in [7, 11) is 1.49. The van der Waals surface area contributed by atoms with Crippen LogP contribution in [0.3, 0.4) is 0 Å². The van der Waals surface area contributed by atoms with E-state index in [0.717, 1.165) is 19.3 Å². The van der Waals surface area contributed by atoms with Crippen molar-refractivity contribution in [2.75, 3.05) is 13.7 Å². The molecule has 130 valence electrons. The molecule has 1 aromatic carbocycles. The first-order valence-corrected chi connectivity index (χ1v) is 8.28. The van der Waals surface area contributed by atoms with Gasteiger partial charge in [-0.05, 0) is 42.2 Å². The van der Waals surface area contributed by atoms with Crippen molar-refractivity contribution in [2.24, 2.45) is 10.8 Å². The van der Waals surface area contributed by atoms with E-state index in [0.29, 0.717) is 12.3 Å². The highest BCUT2D eigenvalue weighted by Crippen LogP contribution is 2.52. The molecule has 24 heavy (non-hydrogen) atoms. The number of nitro groups is 1. The van der Waals surface area contributed by atoms with Crippen LogP contribution < -0.4 is 4.74 Å². The van der Waals surface area contributed by atoms with Crippen molar-refractivity contribution in [2.45, 2.75) is 46.1 Å². The average molecular weight is 332 g/mol. The van der Waals surface area contributed by atoms with Crippen molar-refractivity contribution in [1.82, 2.24) is 4.90 Å². The monoisotopic (exact) mass is 332 g/mol. The molecule has 2 aliphatic rings. The first-order chi connectivity index (χ1) is 11.1. The van der Waals surface area contributed by atoms with Crippen LogP contribution in [0.25, 0.3) is 0 Å². The van der Waals surface area contributed by atoms with E-state index in [1.54, 1.807) is 0 Å². The Morgan fingerprint density at radius 1 is 1.33 bits per heavy atom.